The summed E-state index contributed by atoms with van der Waals surface area (Å²) in [6, 6.07) is 11.9. The first kappa shape index (κ1) is 17.6. The lowest BCUT2D eigenvalue weighted by molar-refractivity contribution is -0.117. The first-order valence-electron chi connectivity index (χ1n) is 9.70. The van der Waals surface area contributed by atoms with Crippen LogP contribution in [0.1, 0.15) is 36.8 Å². The van der Waals surface area contributed by atoms with E-state index >= 15 is 0 Å². The van der Waals surface area contributed by atoms with Crippen LogP contribution >= 0.6 is 0 Å². The topological polar surface area (TPSA) is 54.5 Å². The van der Waals surface area contributed by atoms with Gasteiger partial charge in [0.15, 0.2) is 0 Å². The van der Waals surface area contributed by atoms with Crippen LogP contribution in [0.25, 0.3) is 6.08 Å². The van der Waals surface area contributed by atoms with Crippen molar-refractivity contribution in [3.05, 3.63) is 59.3 Å². The summed E-state index contributed by atoms with van der Waals surface area (Å²) >= 11 is 0. The average molecular weight is 363 g/mol. The third kappa shape index (κ3) is 4.30. The number of para-hydroxylation sites is 1. The van der Waals surface area contributed by atoms with Crippen molar-refractivity contribution in [1.82, 2.24) is 10.3 Å². The Morgan fingerprint density at radius 3 is 2.67 bits per heavy atom. The first-order chi connectivity index (χ1) is 13.3. The molecule has 1 saturated heterocycles. The minimum atomic E-state index is -0.0962. The highest BCUT2D eigenvalue weighted by Crippen LogP contribution is 2.25. The van der Waals surface area contributed by atoms with E-state index < -0.39 is 0 Å². The van der Waals surface area contributed by atoms with E-state index in [0.717, 1.165) is 35.8 Å². The summed E-state index contributed by atoms with van der Waals surface area (Å²) in [6.45, 7) is 2.93. The molecule has 0 spiro atoms. The van der Waals surface area contributed by atoms with Gasteiger partial charge in [0.25, 0.3) is 5.91 Å². The molecule has 0 bridgehead atoms. The van der Waals surface area contributed by atoms with Gasteiger partial charge in [0.1, 0.15) is 18.2 Å². The fourth-order valence-corrected chi connectivity index (χ4v) is 3.55. The molecule has 1 aromatic heterocycles. The molecule has 2 aliphatic heterocycles. The van der Waals surface area contributed by atoms with Crippen LogP contribution in [-0.2, 0) is 11.3 Å². The van der Waals surface area contributed by atoms with Crippen molar-refractivity contribution in [2.24, 2.45) is 0 Å². The summed E-state index contributed by atoms with van der Waals surface area (Å²) in [5, 5.41) is 2.97. The number of carbonyl (C=O) groups excluding carboxylic acids is 1. The molecular formula is C22H25N3O2. The third-order valence-electron chi connectivity index (χ3n) is 5.12. The number of pyridine rings is 1. The fourth-order valence-electron chi connectivity index (χ4n) is 3.55. The summed E-state index contributed by atoms with van der Waals surface area (Å²) in [6.07, 6.45) is 8.85. The van der Waals surface area contributed by atoms with E-state index in [2.05, 4.69) is 27.3 Å². The van der Waals surface area contributed by atoms with Crippen molar-refractivity contribution < 1.29 is 9.53 Å². The van der Waals surface area contributed by atoms with E-state index in [0.29, 0.717) is 18.7 Å². The van der Waals surface area contributed by atoms with Gasteiger partial charge in [-0.2, -0.15) is 0 Å². The predicted octanol–water partition coefficient (Wildman–Crippen LogP) is 3.55. The summed E-state index contributed by atoms with van der Waals surface area (Å²) in [4.78, 5) is 19.4. The number of nitrogens with zero attached hydrogens (tertiary/aromatic N) is 2. The van der Waals surface area contributed by atoms with Crippen LogP contribution in [0.4, 0.5) is 5.82 Å². The van der Waals surface area contributed by atoms with Crippen molar-refractivity contribution in [2.75, 3.05) is 24.6 Å². The highest BCUT2D eigenvalue weighted by atomic mass is 16.5. The molecule has 0 radical (unpaired) electrons. The fraction of sp³-hybridized carbons (Fsp3) is 0.364. The summed E-state index contributed by atoms with van der Waals surface area (Å²) in [5.41, 5.74) is 2.58. The monoisotopic (exact) mass is 363 g/mol. The standard InChI is InChI=1S/C22H25N3O2/c26-22(19-13-18-7-3-4-8-20(18)27-16-19)24-15-17-9-10-21(23-14-17)25-11-5-1-2-6-12-25/h3-4,7-10,13-14H,1-2,5-6,11-12,15-16H2,(H,24,26). The van der Waals surface area contributed by atoms with Crippen molar-refractivity contribution >= 4 is 17.8 Å². The number of nitrogens with one attached hydrogen (secondary N) is 1. The summed E-state index contributed by atoms with van der Waals surface area (Å²) < 4.78 is 5.66. The third-order valence-corrected chi connectivity index (χ3v) is 5.12. The molecule has 0 unspecified atom stereocenters. The van der Waals surface area contributed by atoms with E-state index in [9.17, 15) is 4.79 Å². The Morgan fingerprint density at radius 2 is 1.89 bits per heavy atom. The van der Waals surface area contributed by atoms with Crippen LogP contribution in [0.2, 0.25) is 0 Å². The number of rotatable bonds is 4. The molecule has 1 fully saturated rings. The number of amides is 1. The molecule has 0 saturated carbocycles. The van der Waals surface area contributed by atoms with Gasteiger partial charge in [-0.05, 0) is 36.6 Å². The molecule has 1 amide bonds. The number of carbonyl (C=O) groups is 1. The van der Waals surface area contributed by atoms with Gasteiger partial charge in [-0.25, -0.2) is 4.98 Å². The zero-order chi connectivity index (χ0) is 18.5. The average Bonchev–Trinajstić information content (AvgIpc) is 3.01. The Hall–Kier alpha value is -2.82. The normalized spacial score (nSPS) is 16.6. The van der Waals surface area contributed by atoms with Gasteiger partial charge in [-0.15, -0.1) is 0 Å². The van der Waals surface area contributed by atoms with Crippen LogP contribution in [-0.4, -0.2) is 30.6 Å². The van der Waals surface area contributed by atoms with Crippen molar-refractivity contribution in [3.63, 3.8) is 0 Å². The highest BCUT2D eigenvalue weighted by molar-refractivity contribution is 5.99. The summed E-state index contributed by atoms with van der Waals surface area (Å²) in [7, 11) is 0. The van der Waals surface area contributed by atoms with Gasteiger partial charge in [0, 0.05) is 31.4 Å². The second kappa shape index (κ2) is 8.25. The lowest BCUT2D eigenvalue weighted by Gasteiger charge is -2.21. The van der Waals surface area contributed by atoms with Crippen LogP contribution in [0.15, 0.2) is 48.2 Å². The van der Waals surface area contributed by atoms with Gasteiger partial charge in [0.05, 0.1) is 5.57 Å². The maximum Gasteiger partial charge on any atom is 0.250 e. The molecule has 3 heterocycles. The Bertz CT molecular complexity index is 822. The second-order valence-corrected chi connectivity index (χ2v) is 7.10. The number of hydrogen-bond acceptors (Lipinski definition) is 4. The Balaban J connectivity index is 1.35. The molecule has 0 atom stereocenters. The number of hydrogen-bond donors (Lipinski definition) is 1. The van der Waals surface area contributed by atoms with Crippen LogP contribution in [0, 0.1) is 0 Å². The quantitative estimate of drug-likeness (QED) is 0.903. The zero-order valence-corrected chi connectivity index (χ0v) is 15.5. The molecule has 2 aromatic rings. The molecular weight excluding hydrogens is 338 g/mol. The van der Waals surface area contributed by atoms with Gasteiger partial charge in [-0.1, -0.05) is 37.1 Å². The van der Waals surface area contributed by atoms with E-state index in [-0.39, 0.29) is 5.91 Å². The lowest BCUT2D eigenvalue weighted by atomic mass is 10.1. The minimum Gasteiger partial charge on any atom is -0.488 e. The van der Waals surface area contributed by atoms with Gasteiger partial charge in [-0.3, -0.25) is 4.79 Å². The molecule has 1 N–H and O–H groups in total. The van der Waals surface area contributed by atoms with E-state index in [1.807, 2.05) is 36.5 Å². The molecule has 5 nitrogen and oxygen atoms in total. The van der Waals surface area contributed by atoms with Gasteiger partial charge >= 0.3 is 0 Å². The smallest absolute Gasteiger partial charge is 0.250 e. The molecule has 5 heteroatoms. The van der Waals surface area contributed by atoms with Crippen molar-refractivity contribution in [2.45, 2.75) is 32.2 Å². The minimum absolute atomic E-state index is 0.0962. The van der Waals surface area contributed by atoms with E-state index in [4.69, 9.17) is 4.74 Å². The molecule has 140 valence electrons. The lowest BCUT2D eigenvalue weighted by Crippen LogP contribution is -2.28. The van der Waals surface area contributed by atoms with Gasteiger partial charge in [0.2, 0.25) is 0 Å². The van der Waals surface area contributed by atoms with Crippen LogP contribution < -0.4 is 15.0 Å². The number of ether oxygens (including phenoxy) is 1. The molecule has 2 aliphatic rings. The Morgan fingerprint density at radius 1 is 1.07 bits per heavy atom. The molecule has 0 aliphatic carbocycles. The predicted molar refractivity (Wildman–Crippen MR) is 107 cm³/mol. The second-order valence-electron chi connectivity index (χ2n) is 7.10. The van der Waals surface area contributed by atoms with Crippen molar-refractivity contribution in [3.8, 4) is 5.75 Å². The molecule has 1 aromatic carbocycles. The van der Waals surface area contributed by atoms with E-state index in [1.165, 1.54) is 25.7 Å². The Kier molecular flexibility index (Phi) is 5.37. The maximum atomic E-state index is 12.4. The zero-order valence-electron chi connectivity index (χ0n) is 15.5. The van der Waals surface area contributed by atoms with Crippen LogP contribution in [0.3, 0.4) is 0 Å². The van der Waals surface area contributed by atoms with Gasteiger partial charge < -0.3 is 15.0 Å². The first-order valence-corrected chi connectivity index (χ1v) is 9.70. The number of benzene rings is 1. The number of anilines is 1. The van der Waals surface area contributed by atoms with Crippen LogP contribution in [0.5, 0.6) is 5.75 Å². The molecule has 27 heavy (non-hydrogen) atoms. The number of aromatic nitrogens is 1. The molecule has 4 rings (SSSR count). The highest BCUT2D eigenvalue weighted by Gasteiger charge is 2.17. The van der Waals surface area contributed by atoms with Crippen molar-refractivity contribution in [1.29, 1.82) is 0 Å². The maximum absolute atomic E-state index is 12.4. The number of fused-ring (bicyclic) bond motifs is 1. The Labute approximate surface area is 160 Å². The summed E-state index contributed by atoms with van der Waals surface area (Å²) in [5.74, 6) is 1.76. The van der Waals surface area contributed by atoms with E-state index in [1.54, 1.807) is 0 Å². The SMILES string of the molecule is O=C(NCc1ccc(N2CCCCCC2)nc1)C1=Cc2ccccc2OC1. The largest absolute Gasteiger partial charge is 0.488 e.